The van der Waals surface area contributed by atoms with Gasteiger partial charge in [-0.15, -0.1) is 0 Å². The Bertz CT molecular complexity index is 649. The predicted octanol–water partition coefficient (Wildman–Crippen LogP) is 1.15. The first-order chi connectivity index (χ1) is 10.0. The average molecular weight is 288 g/mol. The standard InChI is InChI=1S/C15H20N4O2/c1-10-15(11(2)19(3)18-10)21-9-13-7-5-4-6-12(13)8-14(20)17-16/h4-7H,8-9,16H2,1-3H3,(H,17,20). The number of hydrazine groups is 1. The highest BCUT2D eigenvalue weighted by atomic mass is 16.5. The fourth-order valence-electron chi connectivity index (χ4n) is 2.21. The lowest BCUT2D eigenvalue weighted by atomic mass is 10.1. The minimum Gasteiger partial charge on any atom is -0.485 e. The van der Waals surface area contributed by atoms with Crippen molar-refractivity contribution in [3.05, 3.63) is 46.8 Å². The normalized spacial score (nSPS) is 10.5. The molecule has 1 aromatic heterocycles. The number of nitrogens with two attached hydrogens (primary N) is 1. The molecule has 21 heavy (non-hydrogen) atoms. The number of nitrogens with one attached hydrogen (secondary N) is 1. The lowest BCUT2D eigenvalue weighted by Crippen LogP contribution is -2.31. The Balaban J connectivity index is 2.15. The van der Waals surface area contributed by atoms with Gasteiger partial charge in [0, 0.05) is 7.05 Å². The van der Waals surface area contributed by atoms with Gasteiger partial charge in [0.25, 0.3) is 0 Å². The smallest absolute Gasteiger partial charge is 0.238 e. The quantitative estimate of drug-likeness (QED) is 0.491. The lowest BCUT2D eigenvalue weighted by molar-refractivity contribution is -0.120. The first-order valence-electron chi connectivity index (χ1n) is 6.72. The van der Waals surface area contributed by atoms with Gasteiger partial charge in [0.1, 0.15) is 12.3 Å². The topological polar surface area (TPSA) is 82.2 Å². The van der Waals surface area contributed by atoms with Gasteiger partial charge >= 0.3 is 0 Å². The number of carbonyl (C=O) groups is 1. The van der Waals surface area contributed by atoms with Crippen molar-refractivity contribution in [2.75, 3.05) is 0 Å². The van der Waals surface area contributed by atoms with Gasteiger partial charge in [-0.05, 0) is 25.0 Å². The summed E-state index contributed by atoms with van der Waals surface area (Å²) in [6.45, 7) is 4.26. The van der Waals surface area contributed by atoms with Crippen LogP contribution in [0.25, 0.3) is 0 Å². The molecule has 0 saturated heterocycles. The van der Waals surface area contributed by atoms with E-state index in [1.54, 1.807) is 4.68 Å². The third kappa shape index (κ3) is 3.41. The largest absolute Gasteiger partial charge is 0.485 e. The highest BCUT2D eigenvalue weighted by molar-refractivity contribution is 5.78. The Morgan fingerprint density at radius 2 is 2.00 bits per heavy atom. The van der Waals surface area contributed by atoms with Crippen molar-refractivity contribution in [1.82, 2.24) is 15.2 Å². The first-order valence-corrected chi connectivity index (χ1v) is 6.72. The average Bonchev–Trinajstić information content (AvgIpc) is 2.71. The summed E-state index contributed by atoms with van der Waals surface area (Å²) >= 11 is 0. The van der Waals surface area contributed by atoms with Crippen LogP contribution in [-0.2, 0) is 24.9 Å². The number of carbonyl (C=O) groups excluding carboxylic acids is 1. The molecule has 0 fully saturated rings. The first kappa shape index (κ1) is 15.1. The Labute approximate surface area is 123 Å². The molecule has 1 aromatic carbocycles. The van der Waals surface area contributed by atoms with E-state index in [4.69, 9.17) is 10.6 Å². The molecule has 0 saturated carbocycles. The van der Waals surface area contributed by atoms with E-state index in [0.717, 1.165) is 28.3 Å². The summed E-state index contributed by atoms with van der Waals surface area (Å²) in [5.41, 5.74) is 5.84. The molecule has 6 heteroatoms. The van der Waals surface area contributed by atoms with E-state index in [2.05, 4.69) is 10.5 Å². The lowest BCUT2D eigenvalue weighted by Gasteiger charge is -2.11. The Kier molecular flexibility index (Phi) is 4.59. The molecule has 0 bridgehead atoms. The fourth-order valence-corrected chi connectivity index (χ4v) is 2.21. The van der Waals surface area contributed by atoms with Crippen molar-refractivity contribution < 1.29 is 9.53 Å². The van der Waals surface area contributed by atoms with Crippen molar-refractivity contribution in [3.8, 4) is 5.75 Å². The number of amides is 1. The highest BCUT2D eigenvalue weighted by Crippen LogP contribution is 2.23. The molecule has 6 nitrogen and oxygen atoms in total. The van der Waals surface area contributed by atoms with E-state index in [0.29, 0.717) is 6.61 Å². The van der Waals surface area contributed by atoms with Crippen LogP contribution in [0.2, 0.25) is 0 Å². The molecular weight excluding hydrogens is 268 g/mol. The molecule has 0 atom stereocenters. The molecule has 0 radical (unpaired) electrons. The molecule has 2 rings (SSSR count). The number of rotatable bonds is 5. The minimum atomic E-state index is -0.226. The van der Waals surface area contributed by atoms with Crippen LogP contribution in [0.5, 0.6) is 5.75 Å². The van der Waals surface area contributed by atoms with Gasteiger partial charge < -0.3 is 4.74 Å². The molecule has 0 unspecified atom stereocenters. The van der Waals surface area contributed by atoms with Crippen LogP contribution in [-0.4, -0.2) is 15.7 Å². The van der Waals surface area contributed by atoms with Crippen LogP contribution in [0.15, 0.2) is 24.3 Å². The highest BCUT2D eigenvalue weighted by Gasteiger charge is 2.12. The van der Waals surface area contributed by atoms with Crippen LogP contribution in [0, 0.1) is 13.8 Å². The van der Waals surface area contributed by atoms with E-state index in [1.165, 1.54) is 0 Å². The summed E-state index contributed by atoms with van der Waals surface area (Å²) in [4.78, 5) is 11.4. The number of aryl methyl sites for hydroxylation is 2. The van der Waals surface area contributed by atoms with Crippen LogP contribution < -0.4 is 16.0 Å². The molecule has 1 heterocycles. The number of benzene rings is 1. The number of aromatic nitrogens is 2. The Morgan fingerprint density at radius 1 is 1.33 bits per heavy atom. The molecule has 3 N–H and O–H groups in total. The Morgan fingerprint density at radius 3 is 2.57 bits per heavy atom. The number of nitrogens with zero attached hydrogens (tertiary/aromatic N) is 2. The monoisotopic (exact) mass is 288 g/mol. The molecular formula is C15H20N4O2. The summed E-state index contributed by atoms with van der Waals surface area (Å²) in [6.07, 6.45) is 0.237. The van der Waals surface area contributed by atoms with Crippen molar-refractivity contribution >= 4 is 5.91 Å². The Hall–Kier alpha value is -2.34. The maximum Gasteiger partial charge on any atom is 0.238 e. The molecule has 112 valence electrons. The van der Waals surface area contributed by atoms with Gasteiger partial charge in [0.15, 0.2) is 5.75 Å². The van der Waals surface area contributed by atoms with Crippen LogP contribution in [0.3, 0.4) is 0 Å². The molecule has 0 aliphatic heterocycles. The van der Waals surface area contributed by atoms with Gasteiger partial charge in [0.2, 0.25) is 5.91 Å². The predicted molar refractivity (Wildman–Crippen MR) is 79.5 cm³/mol. The summed E-state index contributed by atoms with van der Waals surface area (Å²) in [6, 6.07) is 7.66. The van der Waals surface area contributed by atoms with Gasteiger partial charge in [0.05, 0.1) is 12.1 Å². The zero-order valence-corrected chi connectivity index (χ0v) is 12.5. The SMILES string of the molecule is Cc1nn(C)c(C)c1OCc1ccccc1CC(=O)NN. The van der Waals surface area contributed by atoms with Gasteiger partial charge in [-0.3, -0.25) is 14.9 Å². The maximum absolute atomic E-state index is 11.4. The van der Waals surface area contributed by atoms with E-state index in [1.807, 2.05) is 45.2 Å². The fraction of sp³-hybridized carbons (Fsp3) is 0.333. The van der Waals surface area contributed by atoms with Crippen LogP contribution in [0.1, 0.15) is 22.5 Å². The van der Waals surface area contributed by atoms with Crippen molar-refractivity contribution in [2.24, 2.45) is 12.9 Å². The number of hydrogen-bond acceptors (Lipinski definition) is 4. The van der Waals surface area contributed by atoms with Gasteiger partial charge in [-0.25, -0.2) is 5.84 Å². The maximum atomic E-state index is 11.4. The van der Waals surface area contributed by atoms with E-state index in [-0.39, 0.29) is 12.3 Å². The van der Waals surface area contributed by atoms with Gasteiger partial charge in [-0.1, -0.05) is 24.3 Å². The van der Waals surface area contributed by atoms with Crippen LogP contribution in [0.4, 0.5) is 0 Å². The van der Waals surface area contributed by atoms with Crippen molar-refractivity contribution in [3.63, 3.8) is 0 Å². The van der Waals surface area contributed by atoms with Crippen molar-refractivity contribution in [1.29, 1.82) is 0 Å². The van der Waals surface area contributed by atoms with Crippen molar-refractivity contribution in [2.45, 2.75) is 26.9 Å². The second-order valence-electron chi connectivity index (χ2n) is 4.93. The van der Waals surface area contributed by atoms with E-state index >= 15 is 0 Å². The summed E-state index contributed by atoms with van der Waals surface area (Å²) < 4.78 is 7.67. The summed E-state index contributed by atoms with van der Waals surface area (Å²) in [5.74, 6) is 5.70. The zero-order chi connectivity index (χ0) is 15.4. The number of ether oxygens (including phenoxy) is 1. The van der Waals surface area contributed by atoms with E-state index in [9.17, 15) is 4.79 Å². The third-order valence-corrected chi connectivity index (χ3v) is 3.45. The summed E-state index contributed by atoms with van der Waals surface area (Å²) in [7, 11) is 1.88. The van der Waals surface area contributed by atoms with Crippen LogP contribution >= 0.6 is 0 Å². The molecule has 0 spiro atoms. The van der Waals surface area contributed by atoms with Gasteiger partial charge in [-0.2, -0.15) is 5.10 Å². The molecule has 0 aliphatic carbocycles. The molecule has 1 amide bonds. The minimum absolute atomic E-state index is 0.226. The second kappa shape index (κ2) is 6.41. The number of hydrogen-bond donors (Lipinski definition) is 2. The zero-order valence-electron chi connectivity index (χ0n) is 12.5. The second-order valence-corrected chi connectivity index (χ2v) is 4.93. The molecule has 2 aromatic rings. The molecule has 0 aliphatic rings. The third-order valence-electron chi connectivity index (χ3n) is 3.45. The summed E-state index contributed by atoms with van der Waals surface area (Å²) in [5, 5.41) is 4.32. The van der Waals surface area contributed by atoms with E-state index < -0.39 is 0 Å².